The van der Waals surface area contributed by atoms with Crippen molar-refractivity contribution in [2.24, 2.45) is 0 Å². The standard InChI is InChI=1S/C29H34F3O7P/c1-6-23-18(3)25(19(4)24(7-2)28(23)38-17-40(33,34)35)14-20-8-10-21(11-9-20)39-22-12-13-27(37-16-36-5)26(15-22)29(30,31)32/h8-13,15H,6-7,14,16-17H2,1-5H3,(H2,33,34,35). The Balaban J connectivity index is 1.86. The molecular formula is C29H34F3O7P. The second kappa shape index (κ2) is 13.1. The number of hydrogen-bond acceptors (Lipinski definition) is 5. The molecule has 0 saturated heterocycles. The summed E-state index contributed by atoms with van der Waals surface area (Å²) in [5.74, 6) is 0.578. The maximum atomic E-state index is 13.5. The van der Waals surface area contributed by atoms with Crippen LogP contribution in [0.2, 0.25) is 0 Å². The molecule has 0 atom stereocenters. The highest BCUT2D eigenvalue weighted by atomic mass is 31.2. The van der Waals surface area contributed by atoms with Crippen LogP contribution in [0.5, 0.6) is 23.0 Å². The average Bonchev–Trinajstić information content (AvgIpc) is 2.89. The van der Waals surface area contributed by atoms with Crippen molar-refractivity contribution in [2.45, 2.75) is 53.1 Å². The van der Waals surface area contributed by atoms with Crippen LogP contribution in [-0.4, -0.2) is 30.0 Å². The zero-order valence-corrected chi connectivity index (χ0v) is 24.0. The van der Waals surface area contributed by atoms with E-state index in [0.717, 1.165) is 39.4 Å². The molecule has 7 nitrogen and oxygen atoms in total. The molecule has 40 heavy (non-hydrogen) atoms. The SMILES string of the molecule is CCc1c(C)c(Cc2ccc(Oc3ccc(OCOC)c(C(F)(F)F)c3)cc2)c(C)c(CC)c1OCP(=O)(O)O. The summed E-state index contributed by atoms with van der Waals surface area (Å²) in [5.41, 5.74) is 4.89. The lowest BCUT2D eigenvalue weighted by atomic mass is 9.86. The van der Waals surface area contributed by atoms with Gasteiger partial charge in [-0.2, -0.15) is 13.2 Å². The van der Waals surface area contributed by atoms with Crippen LogP contribution in [0.1, 0.15) is 52.8 Å². The van der Waals surface area contributed by atoms with Crippen LogP contribution in [0.25, 0.3) is 0 Å². The Labute approximate surface area is 232 Å². The number of methoxy groups -OCH3 is 1. The van der Waals surface area contributed by atoms with E-state index >= 15 is 0 Å². The summed E-state index contributed by atoms with van der Waals surface area (Å²) in [4.78, 5) is 18.6. The summed E-state index contributed by atoms with van der Waals surface area (Å²) < 4.78 is 73.1. The average molecular weight is 583 g/mol. The fourth-order valence-electron chi connectivity index (χ4n) is 4.67. The summed E-state index contributed by atoms with van der Waals surface area (Å²) in [6, 6.07) is 10.6. The molecule has 0 saturated carbocycles. The Bertz CT molecular complexity index is 1330. The summed E-state index contributed by atoms with van der Waals surface area (Å²) >= 11 is 0. The highest BCUT2D eigenvalue weighted by molar-refractivity contribution is 7.51. The normalized spacial score (nSPS) is 11.9. The quantitative estimate of drug-likeness (QED) is 0.171. The minimum Gasteiger partial charge on any atom is -0.480 e. The van der Waals surface area contributed by atoms with Crippen LogP contribution < -0.4 is 14.2 Å². The van der Waals surface area contributed by atoms with E-state index in [1.54, 1.807) is 12.1 Å². The molecule has 0 aliphatic rings. The van der Waals surface area contributed by atoms with Crippen LogP contribution in [0.4, 0.5) is 13.2 Å². The molecule has 0 amide bonds. The maximum absolute atomic E-state index is 13.5. The third kappa shape index (κ3) is 7.79. The summed E-state index contributed by atoms with van der Waals surface area (Å²) in [7, 11) is -3.02. The second-order valence-electron chi connectivity index (χ2n) is 9.29. The van der Waals surface area contributed by atoms with Crippen molar-refractivity contribution in [3.05, 3.63) is 81.4 Å². The molecule has 218 valence electrons. The zero-order valence-electron chi connectivity index (χ0n) is 23.1. The molecule has 0 aromatic heterocycles. The first kappa shape index (κ1) is 31.5. The van der Waals surface area contributed by atoms with Crippen LogP contribution in [0.3, 0.4) is 0 Å². The molecule has 2 N–H and O–H groups in total. The Kier molecular flexibility index (Phi) is 10.3. The lowest BCUT2D eigenvalue weighted by molar-refractivity contribution is -0.139. The van der Waals surface area contributed by atoms with Gasteiger partial charge in [-0.1, -0.05) is 26.0 Å². The van der Waals surface area contributed by atoms with E-state index in [0.29, 0.717) is 30.8 Å². The number of hydrogen-bond donors (Lipinski definition) is 2. The minimum absolute atomic E-state index is 0.0163. The summed E-state index contributed by atoms with van der Waals surface area (Å²) in [5, 5.41) is 0. The van der Waals surface area contributed by atoms with E-state index in [1.807, 2.05) is 39.8 Å². The molecule has 0 spiro atoms. The lowest BCUT2D eigenvalue weighted by Gasteiger charge is -2.23. The van der Waals surface area contributed by atoms with Gasteiger partial charge in [0.2, 0.25) is 0 Å². The van der Waals surface area contributed by atoms with Gasteiger partial charge in [-0.15, -0.1) is 0 Å². The minimum atomic E-state index is -4.63. The van der Waals surface area contributed by atoms with E-state index in [9.17, 15) is 27.5 Å². The Hall–Kier alpha value is -3.04. The molecular weight excluding hydrogens is 548 g/mol. The first-order valence-electron chi connectivity index (χ1n) is 12.7. The van der Waals surface area contributed by atoms with Gasteiger partial charge in [0.15, 0.2) is 13.1 Å². The van der Waals surface area contributed by atoms with Gasteiger partial charge >= 0.3 is 13.8 Å². The van der Waals surface area contributed by atoms with Crippen molar-refractivity contribution < 1.29 is 46.5 Å². The summed E-state index contributed by atoms with van der Waals surface area (Å²) in [6.45, 7) is 7.57. The number of halogens is 3. The number of benzene rings is 3. The van der Waals surface area contributed by atoms with Gasteiger partial charge in [-0.3, -0.25) is 4.57 Å². The Morgan fingerprint density at radius 1 is 0.850 bits per heavy atom. The topological polar surface area (TPSA) is 94.5 Å². The van der Waals surface area contributed by atoms with E-state index in [-0.39, 0.29) is 18.3 Å². The molecule has 3 rings (SSSR count). The Morgan fingerprint density at radius 3 is 1.93 bits per heavy atom. The van der Waals surface area contributed by atoms with Gasteiger partial charge in [-0.25, -0.2) is 0 Å². The van der Waals surface area contributed by atoms with Crippen molar-refractivity contribution in [1.29, 1.82) is 0 Å². The van der Waals surface area contributed by atoms with Crippen molar-refractivity contribution >= 4 is 7.60 Å². The smallest absolute Gasteiger partial charge is 0.420 e. The predicted molar refractivity (Wildman–Crippen MR) is 145 cm³/mol. The Morgan fingerprint density at radius 2 is 1.43 bits per heavy atom. The molecule has 3 aromatic rings. The van der Waals surface area contributed by atoms with E-state index in [2.05, 4.69) is 0 Å². The molecule has 3 aromatic carbocycles. The van der Waals surface area contributed by atoms with Crippen molar-refractivity contribution in [3.8, 4) is 23.0 Å². The summed E-state index contributed by atoms with van der Waals surface area (Å²) in [6.07, 6.45) is -3.47. The molecule has 0 aliphatic heterocycles. The van der Waals surface area contributed by atoms with Crippen molar-refractivity contribution in [2.75, 3.05) is 20.3 Å². The van der Waals surface area contributed by atoms with Gasteiger partial charge in [0.25, 0.3) is 0 Å². The fraction of sp³-hybridized carbons (Fsp3) is 0.379. The van der Waals surface area contributed by atoms with Crippen LogP contribution in [0, 0.1) is 13.8 Å². The van der Waals surface area contributed by atoms with Crippen LogP contribution in [0.15, 0.2) is 42.5 Å². The van der Waals surface area contributed by atoms with Crippen molar-refractivity contribution in [1.82, 2.24) is 0 Å². The van der Waals surface area contributed by atoms with Gasteiger partial charge in [-0.05, 0) is 96.8 Å². The van der Waals surface area contributed by atoms with Crippen LogP contribution in [-0.2, 0) is 34.7 Å². The lowest BCUT2D eigenvalue weighted by Crippen LogP contribution is -2.10. The third-order valence-corrected chi connectivity index (χ3v) is 7.04. The molecule has 11 heteroatoms. The molecule has 0 bridgehead atoms. The number of ether oxygens (including phenoxy) is 4. The molecule has 0 radical (unpaired) electrons. The van der Waals surface area contributed by atoms with Gasteiger partial charge in [0.05, 0.1) is 0 Å². The highest BCUT2D eigenvalue weighted by Crippen LogP contribution is 2.41. The van der Waals surface area contributed by atoms with Crippen molar-refractivity contribution in [3.63, 3.8) is 0 Å². The first-order valence-corrected chi connectivity index (χ1v) is 14.5. The zero-order chi connectivity index (χ0) is 29.7. The first-order chi connectivity index (χ1) is 18.8. The third-order valence-electron chi connectivity index (χ3n) is 6.57. The van der Waals surface area contributed by atoms with Gasteiger partial charge in [0, 0.05) is 7.11 Å². The van der Waals surface area contributed by atoms with E-state index < -0.39 is 25.7 Å². The maximum Gasteiger partial charge on any atom is 0.420 e. The fourth-order valence-corrected chi connectivity index (χ4v) is 4.96. The number of alkyl halides is 3. The molecule has 0 fully saturated rings. The highest BCUT2D eigenvalue weighted by Gasteiger charge is 2.35. The molecule has 0 unspecified atom stereocenters. The monoisotopic (exact) mass is 582 g/mol. The van der Waals surface area contributed by atoms with Gasteiger partial charge in [0.1, 0.15) is 28.6 Å². The number of rotatable bonds is 12. The molecule has 0 aliphatic carbocycles. The van der Waals surface area contributed by atoms with E-state index in [1.165, 1.54) is 19.2 Å². The van der Waals surface area contributed by atoms with Gasteiger partial charge < -0.3 is 28.7 Å². The van der Waals surface area contributed by atoms with Crippen LogP contribution >= 0.6 is 7.60 Å². The predicted octanol–water partition coefficient (Wildman–Crippen LogP) is 7.33. The van der Waals surface area contributed by atoms with E-state index in [4.69, 9.17) is 18.9 Å². The largest absolute Gasteiger partial charge is 0.480 e. The second-order valence-corrected chi connectivity index (χ2v) is 10.9. The molecule has 0 heterocycles.